The van der Waals surface area contributed by atoms with Gasteiger partial charge < -0.3 is 0 Å². The maximum Gasteiger partial charge on any atom is 0.0922 e. The molecule has 1 aliphatic heterocycles. The van der Waals surface area contributed by atoms with Crippen LogP contribution >= 0.6 is 12.6 Å². The highest BCUT2D eigenvalue weighted by Crippen LogP contribution is 2.09. The summed E-state index contributed by atoms with van der Waals surface area (Å²) in [5.41, 5.74) is 0. The normalized spacial score (nSPS) is 31.8. The zero-order valence-corrected chi connectivity index (χ0v) is 4.36. The van der Waals surface area contributed by atoms with Crippen LogP contribution < -0.4 is 0 Å². The highest BCUT2D eigenvalue weighted by Gasteiger charge is 2.01. The fourth-order valence-corrected chi connectivity index (χ4v) is 0.738. The van der Waals surface area contributed by atoms with Crippen molar-refractivity contribution in [2.75, 3.05) is 0 Å². The monoisotopic (exact) mass is 101 g/mol. The summed E-state index contributed by atoms with van der Waals surface area (Å²) < 4.78 is 0. The van der Waals surface area contributed by atoms with Crippen LogP contribution in [-0.2, 0) is 0 Å². The number of thiol groups is 1. The maximum atomic E-state index is 4.09. The van der Waals surface area contributed by atoms with Gasteiger partial charge in [0.05, 0.1) is 5.37 Å². The van der Waals surface area contributed by atoms with Crippen LogP contribution in [0.25, 0.3) is 0 Å². The van der Waals surface area contributed by atoms with Crippen LogP contribution in [0.3, 0.4) is 0 Å². The Hall–Kier alpha value is 0.0200. The third kappa shape index (κ3) is 0.744. The molecule has 1 heterocycles. The molecule has 34 valence electrons. The third-order valence-electron chi connectivity index (χ3n) is 0.831. The molecule has 0 N–H and O–H groups in total. The quantitative estimate of drug-likeness (QED) is 0.439. The predicted molar refractivity (Wildman–Crippen MR) is 30.5 cm³/mol. The van der Waals surface area contributed by atoms with E-state index in [0.717, 1.165) is 12.8 Å². The van der Waals surface area contributed by atoms with Gasteiger partial charge >= 0.3 is 0 Å². The van der Waals surface area contributed by atoms with Crippen LogP contribution in [0.1, 0.15) is 12.8 Å². The van der Waals surface area contributed by atoms with Crippen molar-refractivity contribution >= 4 is 18.8 Å². The predicted octanol–water partition coefficient (Wildman–Crippen LogP) is 1.11. The fourth-order valence-electron chi connectivity index (χ4n) is 0.494. The molecule has 1 rings (SSSR count). The van der Waals surface area contributed by atoms with E-state index in [4.69, 9.17) is 0 Å². The van der Waals surface area contributed by atoms with E-state index in [9.17, 15) is 0 Å². The number of hydrogen-bond donors (Lipinski definition) is 1. The standard InChI is InChI=1S/C4H7NS/c6-4-2-1-3-5-4/h3-4,6H,1-2H2. The Morgan fingerprint density at radius 2 is 2.67 bits per heavy atom. The molecule has 0 aromatic rings. The molecular weight excluding hydrogens is 94.1 g/mol. The first-order valence-corrected chi connectivity index (χ1v) is 2.61. The molecule has 1 nitrogen and oxygen atoms in total. The van der Waals surface area contributed by atoms with Crippen LogP contribution in [0.4, 0.5) is 0 Å². The Morgan fingerprint density at radius 1 is 1.83 bits per heavy atom. The van der Waals surface area contributed by atoms with Gasteiger partial charge in [-0.25, -0.2) is 0 Å². The Kier molecular flexibility index (Phi) is 1.15. The first kappa shape index (κ1) is 4.19. The van der Waals surface area contributed by atoms with E-state index in [1.54, 1.807) is 0 Å². The van der Waals surface area contributed by atoms with E-state index in [1.807, 2.05) is 6.21 Å². The summed E-state index contributed by atoms with van der Waals surface area (Å²) >= 11 is 4.09. The van der Waals surface area contributed by atoms with Gasteiger partial charge in [0.25, 0.3) is 0 Å². The van der Waals surface area contributed by atoms with Crippen LogP contribution in [0, 0.1) is 0 Å². The summed E-state index contributed by atoms with van der Waals surface area (Å²) in [7, 11) is 0. The molecule has 0 saturated carbocycles. The van der Waals surface area contributed by atoms with E-state index in [-0.39, 0.29) is 0 Å². The van der Waals surface area contributed by atoms with Crippen molar-refractivity contribution in [2.24, 2.45) is 4.99 Å². The molecule has 0 saturated heterocycles. The second-order valence-electron chi connectivity index (χ2n) is 1.39. The Morgan fingerprint density at radius 3 is 2.83 bits per heavy atom. The minimum atomic E-state index is 0.310. The van der Waals surface area contributed by atoms with E-state index >= 15 is 0 Å². The van der Waals surface area contributed by atoms with E-state index in [2.05, 4.69) is 17.6 Å². The molecule has 0 radical (unpaired) electrons. The van der Waals surface area contributed by atoms with Crippen molar-refractivity contribution in [1.82, 2.24) is 0 Å². The van der Waals surface area contributed by atoms with Crippen LogP contribution in [0.2, 0.25) is 0 Å². The maximum absolute atomic E-state index is 4.09. The fraction of sp³-hybridized carbons (Fsp3) is 0.750. The molecule has 1 unspecified atom stereocenters. The molecular formula is C4H7NS. The van der Waals surface area contributed by atoms with Gasteiger partial charge in [0, 0.05) is 6.21 Å². The van der Waals surface area contributed by atoms with Crippen molar-refractivity contribution in [3.8, 4) is 0 Å². The van der Waals surface area contributed by atoms with Crippen molar-refractivity contribution in [1.29, 1.82) is 0 Å². The topological polar surface area (TPSA) is 12.4 Å². The number of rotatable bonds is 0. The van der Waals surface area contributed by atoms with Gasteiger partial charge in [-0.3, -0.25) is 4.99 Å². The minimum Gasteiger partial charge on any atom is -0.284 e. The molecule has 1 aliphatic rings. The highest BCUT2D eigenvalue weighted by molar-refractivity contribution is 7.80. The average molecular weight is 101 g/mol. The van der Waals surface area contributed by atoms with Crippen LogP contribution in [0.5, 0.6) is 0 Å². The lowest BCUT2D eigenvalue weighted by Crippen LogP contribution is -1.81. The molecule has 0 aromatic carbocycles. The van der Waals surface area contributed by atoms with Gasteiger partial charge in [-0.15, -0.1) is 0 Å². The highest BCUT2D eigenvalue weighted by atomic mass is 32.1. The van der Waals surface area contributed by atoms with Crippen LogP contribution in [0.15, 0.2) is 4.99 Å². The van der Waals surface area contributed by atoms with E-state index in [0.29, 0.717) is 5.37 Å². The number of nitrogens with zero attached hydrogens (tertiary/aromatic N) is 1. The largest absolute Gasteiger partial charge is 0.284 e. The molecule has 2 heteroatoms. The Labute approximate surface area is 42.9 Å². The lowest BCUT2D eigenvalue weighted by Gasteiger charge is -1.87. The summed E-state index contributed by atoms with van der Waals surface area (Å²) in [6.45, 7) is 0. The summed E-state index contributed by atoms with van der Waals surface area (Å²) in [5, 5.41) is 0.310. The first-order chi connectivity index (χ1) is 2.89. The van der Waals surface area contributed by atoms with Crippen molar-refractivity contribution in [2.45, 2.75) is 18.2 Å². The summed E-state index contributed by atoms with van der Waals surface area (Å²) in [4.78, 5) is 3.98. The van der Waals surface area contributed by atoms with E-state index in [1.165, 1.54) is 0 Å². The molecule has 0 aromatic heterocycles. The minimum absolute atomic E-state index is 0.310. The van der Waals surface area contributed by atoms with Crippen molar-refractivity contribution in [3.05, 3.63) is 0 Å². The lowest BCUT2D eigenvalue weighted by molar-refractivity contribution is 0.899. The zero-order valence-electron chi connectivity index (χ0n) is 3.46. The molecule has 0 fully saturated rings. The van der Waals surface area contributed by atoms with Gasteiger partial charge in [0.1, 0.15) is 0 Å². The summed E-state index contributed by atoms with van der Waals surface area (Å²) in [6.07, 6.45) is 4.18. The Bertz CT molecular complexity index is 69.9. The average Bonchev–Trinajstić information content (AvgIpc) is 1.86. The number of hydrogen-bond acceptors (Lipinski definition) is 2. The van der Waals surface area contributed by atoms with Crippen LogP contribution in [-0.4, -0.2) is 11.6 Å². The SMILES string of the molecule is SC1CCC=N1. The van der Waals surface area contributed by atoms with Crippen molar-refractivity contribution < 1.29 is 0 Å². The first-order valence-electron chi connectivity index (χ1n) is 2.09. The van der Waals surface area contributed by atoms with Gasteiger partial charge in [0.15, 0.2) is 0 Å². The molecule has 1 atom stereocenters. The summed E-state index contributed by atoms with van der Waals surface area (Å²) in [6, 6.07) is 0. The smallest absolute Gasteiger partial charge is 0.0922 e. The van der Waals surface area contributed by atoms with Crippen molar-refractivity contribution in [3.63, 3.8) is 0 Å². The molecule has 0 bridgehead atoms. The van der Waals surface area contributed by atoms with Gasteiger partial charge in [0.2, 0.25) is 0 Å². The Balaban J connectivity index is 2.38. The van der Waals surface area contributed by atoms with Gasteiger partial charge in [-0.05, 0) is 12.8 Å². The van der Waals surface area contributed by atoms with Gasteiger partial charge in [-0.2, -0.15) is 12.6 Å². The second kappa shape index (κ2) is 1.65. The zero-order chi connectivity index (χ0) is 4.41. The number of aliphatic imine (C=N–C) groups is 1. The molecule has 0 aliphatic carbocycles. The second-order valence-corrected chi connectivity index (χ2v) is 1.99. The summed E-state index contributed by atoms with van der Waals surface area (Å²) in [5.74, 6) is 0. The molecule has 6 heavy (non-hydrogen) atoms. The molecule has 0 spiro atoms. The van der Waals surface area contributed by atoms with Gasteiger partial charge in [-0.1, -0.05) is 0 Å². The molecule has 0 amide bonds. The lowest BCUT2D eigenvalue weighted by atomic mass is 10.4. The van der Waals surface area contributed by atoms with E-state index < -0.39 is 0 Å². The third-order valence-corrected chi connectivity index (χ3v) is 1.22.